The molecule has 1 aliphatic rings. The number of hydrogen-bond acceptors (Lipinski definition) is 4. The van der Waals surface area contributed by atoms with Gasteiger partial charge in [-0.1, -0.05) is 6.92 Å². The Bertz CT molecular complexity index is 240. The Morgan fingerprint density at radius 3 is 2.67 bits per heavy atom. The van der Waals surface area contributed by atoms with E-state index >= 15 is 0 Å². The van der Waals surface area contributed by atoms with Crippen molar-refractivity contribution >= 4 is 5.91 Å². The zero-order valence-corrected chi connectivity index (χ0v) is 11.7. The Balaban J connectivity index is 2.44. The van der Waals surface area contributed by atoms with Crippen LogP contribution < -0.4 is 5.32 Å². The van der Waals surface area contributed by atoms with Crippen molar-refractivity contribution in [2.24, 2.45) is 0 Å². The predicted molar refractivity (Wildman–Crippen MR) is 72.5 cm³/mol. The number of aliphatic hydroxyl groups is 1. The standard InChI is InChI=1S/C13H27N3O2/c1-3-6-14-11-13(18)16(9-10-17)12-4-7-15(2)8-5-12/h12,14,17H,3-11H2,1-2H3. The average Bonchev–Trinajstić information content (AvgIpc) is 2.37. The number of nitrogens with zero attached hydrogens (tertiary/aromatic N) is 2. The van der Waals surface area contributed by atoms with Gasteiger partial charge >= 0.3 is 0 Å². The van der Waals surface area contributed by atoms with E-state index in [0.29, 0.717) is 19.1 Å². The summed E-state index contributed by atoms with van der Waals surface area (Å²) in [6.45, 7) is 5.91. The lowest BCUT2D eigenvalue weighted by molar-refractivity contribution is -0.134. The van der Waals surface area contributed by atoms with Crippen LogP contribution in [-0.2, 0) is 4.79 Å². The normalized spacial score (nSPS) is 17.9. The second-order valence-electron chi connectivity index (χ2n) is 5.02. The molecule has 0 aromatic carbocycles. The van der Waals surface area contributed by atoms with Crippen molar-refractivity contribution in [1.29, 1.82) is 0 Å². The van der Waals surface area contributed by atoms with Crippen molar-refractivity contribution in [3.05, 3.63) is 0 Å². The molecule has 0 aromatic rings. The SMILES string of the molecule is CCCNCC(=O)N(CCO)C1CCN(C)CC1. The van der Waals surface area contributed by atoms with Crippen LogP contribution in [0.15, 0.2) is 0 Å². The van der Waals surface area contributed by atoms with Gasteiger partial charge in [-0.05, 0) is 45.9 Å². The fourth-order valence-corrected chi connectivity index (χ4v) is 2.40. The third-order valence-electron chi connectivity index (χ3n) is 3.49. The molecular formula is C13H27N3O2. The molecule has 0 unspecified atom stereocenters. The first-order valence-electron chi connectivity index (χ1n) is 6.98. The Morgan fingerprint density at radius 1 is 1.44 bits per heavy atom. The maximum absolute atomic E-state index is 12.1. The smallest absolute Gasteiger partial charge is 0.236 e. The molecule has 1 aliphatic heterocycles. The molecule has 0 radical (unpaired) electrons. The molecule has 0 spiro atoms. The largest absolute Gasteiger partial charge is 0.395 e. The summed E-state index contributed by atoms with van der Waals surface area (Å²) in [4.78, 5) is 16.3. The second-order valence-corrected chi connectivity index (χ2v) is 5.02. The van der Waals surface area contributed by atoms with E-state index in [-0.39, 0.29) is 12.5 Å². The molecule has 0 aromatic heterocycles. The molecule has 2 N–H and O–H groups in total. The van der Waals surface area contributed by atoms with Gasteiger partial charge < -0.3 is 20.2 Å². The molecule has 0 atom stereocenters. The summed E-state index contributed by atoms with van der Waals surface area (Å²) in [5.74, 6) is 0.118. The van der Waals surface area contributed by atoms with Crippen LogP contribution in [0.5, 0.6) is 0 Å². The number of carbonyl (C=O) groups is 1. The molecular weight excluding hydrogens is 230 g/mol. The van der Waals surface area contributed by atoms with Gasteiger partial charge in [0.25, 0.3) is 0 Å². The molecule has 0 aliphatic carbocycles. The van der Waals surface area contributed by atoms with E-state index in [0.717, 1.165) is 38.9 Å². The van der Waals surface area contributed by atoms with E-state index in [1.54, 1.807) is 0 Å². The minimum absolute atomic E-state index is 0.0475. The topological polar surface area (TPSA) is 55.8 Å². The van der Waals surface area contributed by atoms with Crippen molar-refractivity contribution in [3.63, 3.8) is 0 Å². The Kier molecular flexibility index (Phi) is 7.23. The van der Waals surface area contributed by atoms with Gasteiger partial charge in [-0.15, -0.1) is 0 Å². The summed E-state index contributed by atoms with van der Waals surface area (Å²) in [6.07, 6.45) is 3.05. The van der Waals surface area contributed by atoms with Crippen molar-refractivity contribution in [1.82, 2.24) is 15.1 Å². The van der Waals surface area contributed by atoms with Crippen LogP contribution in [0.3, 0.4) is 0 Å². The van der Waals surface area contributed by atoms with E-state index in [2.05, 4.69) is 24.2 Å². The van der Waals surface area contributed by atoms with Crippen LogP contribution in [-0.4, -0.2) is 73.2 Å². The maximum atomic E-state index is 12.1. The Morgan fingerprint density at radius 2 is 2.11 bits per heavy atom. The highest BCUT2D eigenvalue weighted by Crippen LogP contribution is 2.15. The number of rotatable bonds is 7. The number of likely N-dealkylation sites (tertiary alicyclic amines) is 1. The first-order valence-corrected chi connectivity index (χ1v) is 6.98. The van der Waals surface area contributed by atoms with E-state index in [9.17, 15) is 4.79 Å². The van der Waals surface area contributed by atoms with Crippen LogP contribution in [0.4, 0.5) is 0 Å². The van der Waals surface area contributed by atoms with E-state index < -0.39 is 0 Å². The van der Waals surface area contributed by atoms with Gasteiger partial charge in [0.2, 0.25) is 5.91 Å². The minimum atomic E-state index is 0.0475. The lowest BCUT2D eigenvalue weighted by Gasteiger charge is -2.37. The first-order chi connectivity index (χ1) is 8.69. The number of piperidine rings is 1. The lowest BCUT2D eigenvalue weighted by Crippen LogP contribution is -2.50. The molecule has 106 valence electrons. The summed E-state index contributed by atoms with van der Waals surface area (Å²) in [5.41, 5.74) is 0. The number of nitrogens with one attached hydrogen (secondary N) is 1. The van der Waals surface area contributed by atoms with Gasteiger partial charge in [0.15, 0.2) is 0 Å². The maximum Gasteiger partial charge on any atom is 0.236 e. The van der Waals surface area contributed by atoms with Crippen molar-refractivity contribution in [3.8, 4) is 0 Å². The zero-order chi connectivity index (χ0) is 13.4. The number of hydrogen-bond donors (Lipinski definition) is 2. The molecule has 1 fully saturated rings. The number of amides is 1. The first kappa shape index (κ1) is 15.4. The zero-order valence-electron chi connectivity index (χ0n) is 11.7. The van der Waals surface area contributed by atoms with Crippen LogP contribution in [0.2, 0.25) is 0 Å². The fourth-order valence-electron chi connectivity index (χ4n) is 2.40. The van der Waals surface area contributed by atoms with Crippen LogP contribution in [0.25, 0.3) is 0 Å². The van der Waals surface area contributed by atoms with E-state index in [1.807, 2.05) is 4.90 Å². The summed E-state index contributed by atoms with van der Waals surface area (Å²) in [6, 6.07) is 0.296. The highest BCUT2D eigenvalue weighted by atomic mass is 16.3. The number of carbonyl (C=O) groups excluding carboxylic acids is 1. The molecule has 1 rings (SSSR count). The van der Waals surface area contributed by atoms with Crippen LogP contribution >= 0.6 is 0 Å². The third-order valence-corrected chi connectivity index (χ3v) is 3.49. The summed E-state index contributed by atoms with van der Waals surface area (Å²) >= 11 is 0. The van der Waals surface area contributed by atoms with Gasteiger partial charge in [-0.2, -0.15) is 0 Å². The summed E-state index contributed by atoms with van der Waals surface area (Å²) < 4.78 is 0. The van der Waals surface area contributed by atoms with Crippen LogP contribution in [0, 0.1) is 0 Å². The molecule has 1 amide bonds. The number of aliphatic hydroxyl groups excluding tert-OH is 1. The van der Waals surface area contributed by atoms with Gasteiger partial charge in [-0.25, -0.2) is 0 Å². The molecule has 1 heterocycles. The Hall–Kier alpha value is -0.650. The van der Waals surface area contributed by atoms with Crippen molar-refractivity contribution in [2.75, 3.05) is 46.4 Å². The molecule has 5 heteroatoms. The van der Waals surface area contributed by atoms with Gasteiger partial charge in [0.05, 0.1) is 13.2 Å². The fraction of sp³-hybridized carbons (Fsp3) is 0.923. The highest BCUT2D eigenvalue weighted by molar-refractivity contribution is 5.78. The van der Waals surface area contributed by atoms with Crippen LogP contribution in [0.1, 0.15) is 26.2 Å². The highest BCUT2D eigenvalue weighted by Gasteiger charge is 2.25. The molecule has 0 bridgehead atoms. The van der Waals surface area contributed by atoms with Gasteiger partial charge in [0.1, 0.15) is 0 Å². The molecule has 5 nitrogen and oxygen atoms in total. The molecule has 0 saturated carbocycles. The third kappa shape index (κ3) is 4.92. The summed E-state index contributed by atoms with van der Waals surface area (Å²) in [5, 5.41) is 12.3. The monoisotopic (exact) mass is 257 g/mol. The predicted octanol–water partition coefficient (Wildman–Crippen LogP) is -0.0989. The quantitative estimate of drug-likeness (QED) is 0.626. The van der Waals surface area contributed by atoms with Gasteiger partial charge in [0, 0.05) is 12.6 Å². The molecule has 1 saturated heterocycles. The van der Waals surface area contributed by atoms with Crippen molar-refractivity contribution < 1.29 is 9.90 Å². The van der Waals surface area contributed by atoms with Gasteiger partial charge in [-0.3, -0.25) is 4.79 Å². The van der Waals surface area contributed by atoms with E-state index in [4.69, 9.17) is 5.11 Å². The second kappa shape index (κ2) is 8.45. The minimum Gasteiger partial charge on any atom is -0.395 e. The lowest BCUT2D eigenvalue weighted by atomic mass is 10.0. The molecule has 18 heavy (non-hydrogen) atoms. The Labute approximate surface area is 110 Å². The summed E-state index contributed by atoms with van der Waals surface area (Å²) in [7, 11) is 2.11. The average molecular weight is 257 g/mol. The van der Waals surface area contributed by atoms with Crippen molar-refractivity contribution in [2.45, 2.75) is 32.2 Å². The van der Waals surface area contributed by atoms with E-state index in [1.165, 1.54) is 0 Å².